The summed E-state index contributed by atoms with van der Waals surface area (Å²) in [6.45, 7) is 2.13. The highest BCUT2D eigenvalue weighted by Gasteiger charge is 2.33. The van der Waals surface area contributed by atoms with Crippen LogP contribution in [0, 0.1) is 5.92 Å². The molecule has 2 rings (SSSR count). The summed E-state index contributed by atoms with van der Waals surface area (Å²) in [6, 6.07) is 0. The van der Waals surface area contributed by atoms with Gasteiger partial charge < -0.3 is 4.74 Å². The molecule has 82 valence electrons. The van der Waals surface area contributed by atoms with E-state index in [-0.39, 0.29) is 0 Å². The highest BCUT2D eigenvalue weighted by molar-refractivity contribution is 6.12. The molecule has 0 amide bonds. The highest BCUT2D eigenvalue weighted by atomic mass is 16.6. The predicted molar refractivity (Wildman–Crippen MR) is 55.0 cm³/mol. The molecule has 0 radical (unpaired) electrons. The number of hydrogen-bond acceptors (Lipinski definition) is 3. The molecule has 0 aromatic heterocycles. The largest absolute Gasteiger partial charge is 0.386 e. The summed E-state index contributed by atoms with van der Waals surface area (Å²) in [4.78, 5) is 22.8. The summed E-state index contributed by atoms with van der Waals surface area (Å²) in [5, 5.41) is 0. The minimum absolute atomic E-state index is 0.399. The Hall–Kier alpha value is -1.12. The second kappa shape index (κ2) is 4.17. The molecule has 0 N–H and O–H groups in total. The molecule has 1 aliphatic heterocycles. The second-order valence-corrected chi connectivity index (χ2v) is 4.54. The van der Waals surface area contributed by atoms with E-state index in [1.165, 1.54) is 6.42 Å². The average molecular weight is 208 g/mol. The number of carbonyl (C=O) groups is 2. The average Bonchev–Trinajstić information content (AvgIpc) is 2.48. The van der Waals surface area contributed by atoms with Crippen molar-refractivity contribution in [3.63, 3.8) is 0 Å². The van der Waals surface area contributed by atoms with Gasteiger partial charge in [-0.15, -0.1) is 0 Å². The van der Waals surface area contributed by atoms with Gasteiger partial charge in [0, 0.05) is 11.1 Å². The minimum atomic E-state index is -0.399. The first-order valence-electron chi connectivity index (χ1n) is 5.67. The Kier molecular flexibility index (Phi) is 2.89. The van der Waals surface area contributed by atoms with Crippen molar-refractivity contribution in [1.29, 1.82) is 0 Å². The van der Waals surface area contributed by atoms with Crippen LogP contribution in [0.25, 0.3) is 0 Å². The van der Waals surface area contributed by atoms with E-state index < -0.39 is 11.9 Å². The molecule has 0 saturated carbocycles. The molecule has 1 aliphatic carbocycles. The van der Waals surface area contributed by atoms with Crippen molar-refractivity contribution in [2.24, 2.45) is 5.92 Å². The van der Waals surface area contributed by atoms with Gasteiger partial charge in [0.25, 0.3) is 0 Å². The van der Waals surface area contributed by atoms with Crippen molar-refractivity contribution in [3.8, 4) is 0 Å². The Labute approximate surface area is 89.5 Å². The molecule has 3 heteroatoms. The van der Waals surface area contributed by atoms with E-state index >= 15 is 0 Å². The number of rotatable bonds is 0. The molecule has 0 saturated heterocycles. The molecule has 3 nitrogen and oxygen atoms in total. The van der Waals surface area contributed by atoms with E-state index in [0.717, 1.165) is 19.3 Å². The summed E-state index contributed by atoms with van der Waals surface area (Å²) in [5.74, 6) is -0.320. The Morgan fingerprint density at radius 2 is 1.80 bits per heavy atom. The number of esters is 2. The number of cyclic esters (lactones) is 2. The van der Waals surface area contributed by atoms with Crippen molar-refractivity contribution in [1.82, 2.24) is 0 Å². The predicted octanol–water partition coefficient (Wildman–Crippen LogP) is 2.36. The fraction of sp³-hybridized carbons (Fsp3) is 0.667. The first kappa shape index (κ1) is 10.4. The maximum atomic E-state index is 11.4. The molecule has 0 aromatic carbocycles. The van der Waals surface area contributed by atoms with E-state index in [1.54, 1.807) is 0 Å². The van der Waals surface area contributed by atoms with Crippen LogP contribution in [0.4, 0.5) is 0 Å². The summed E-state index contributed by atoms with van der Waals surface area (Å²) in [6.07, 6.45) is 5.90. The van der Waals surface area contributed by atoms with Crippen LogP contribution >= 0.6 is 0 Å². The Morgan fingerprint density at radius 1 is 1.07 bits per heavy atom. The van der Waals surface area contributed by atoms with E-state index in [4.69, 9.17) is 0 Å². The quantitative estimate of drug-likeness (QED) is 0.453. The maximum absolute atomic E-state index is 11.4. The lowest BCUT2D eigenvalue weighted by atomic mass is 9.95. The van der Waals surface area contributed by atoms with Crippen LogP contribution in [0.15, 0.2) is 11.1 Å². The van der Waals surface area contributed by atoms with Gasteiger partial charge in [0.2, 0.25) is 0 Å². The molecular weight excluding hydrogens is 192 g/mol. The van der Waals surface area contributed by atoms with Crippen LogP contribution in [0.2, 0.25) is 0 Å². The molecular formula is C12H16O3. The number of hydrogen-bond donors (Lipinski definition) is 0. The molecule has 2 aliphatic rings. The molecule has 1 unspecified atom stereocenters. The third-order valence-electron chi connectivity index (χ3n) is 3.22. The molecule has 0 spiro atoms. The second-order valence-electron chi connectivity index (χ2n) is 4.54. The van der Waals surface area contributed by atoms with Gasteiger partial charge >= 0.3 is 11.9 Å². The topological polar surface area (TPSA) is 43.4 Å². The molecule has 15 heavy (non-hydrogen) atoms. The van der Waals surface area contributed by atoms with Gasteiger partial charge in [0.05, 0.1) is 0 Å². The molecule has 1 atom stereocenters. The van der Waals surface area contributed by atoms with E-state index in [0.29, 0.717) is 29.9 Å². The summed E-state index contributed by atoms with van der Waals surface area (Å²) >= 11 is 0. The van der Waals surface area contributed by atoms with Gasteiger partial charge in [0.15, 0.2) is 0 Å². The SMILES string of the molecule is CC1CCCCCC2=C(C1)C(=O)OC2=O. The zero-order chi connectivity index (χ0) is 10.8. The first-order valence-corrected chi connectivity index (χ1v) is 5.67. The number of carbonyl (C=O) groups excluding carboxylic acids is 2. The van der Waals surface area contributed by atoms with Crippen LogP contribution in [-0.2, 0) is 14.3 Å². The smallest absolute Gasteiger partial charge is 0.342 e. The van der Waals surface area contributed by atoms with Gasteiger partial charge in [-0.2, -0.15) is 0 Å². The van der Waals surface area contributed by atoms with E-state index in [9.17, 15) is 9.59 Å². The van der Waals surface area contributed by atoms with E-state index in [2.05, 4.69) is 11.7 Å². The molecule has 0 fully saturated rings. The standard InChI is InChI=1S/C12H16O3/c1-8-5-3-2-4-6-9-10(7-8)12(14)15-11(9)13/h8H,2-7H2,1H3. The van der Waals surface area contributed by atoms with Crippen LogP contribution < -0.4 is 0 Å². The van der Waals surface area contributed by atoms with Gasteiger partial charge in [-0.1, -0.05) is 26.2 Å². The Bertz CT molecular complexity index is 328. The van der Waals surface area contributed by atoms with Gasteiger partial charge in [-0.05, 0) is 25.2 Å². The van der Waals surface area contributed by atoms with Gasteiger partial charge in [-0.3, -0.25) is 0 Å². The van der Waals surface area contributed by atoms with Crippen molar-refractivity contribution in [3.05, 3.63) is 11.1 Å². The summed E-state index contributed by atoms with van der Waals surface area (Å²) in [5.41, 5.74) is 1.29. The minimum Gasteiger partial charge on any atom is -0.386 e. The lowest BCUT2D eigenvalue weighted by molar-refractivity contribution is -0.151. The summed E-state index contributed by atoms with van der Waals surface area (Å²) in [7, 11) is 0. The Morgan fingerprint density at radius 3 is 2.60 bits per heavy atom. The third-order valence-corrected chi connectivity index (χ3v) is 3.22. The lowest BCUT2D eigenvalue weighted by Crippen LogP contribution is -2.05. The van der Waals surface area contributed by atoms with Crippen molar-refractivity contribution in [2.75, 3.05) is 0 Å². The first-order chi connectivity index (χ1) is 7.18. The van der Waals surface area contributed by atoms with Gasteiger partial charge in [0.1, 0.15) is 0 Å². The molecule has 1 heterocycles. The van der Waals surface area contributed by atoms with Crippen molar-refractivity contribution >= 4 is 11.9 Å². The zero-order valence-electron chi connectivity index (χ0n) is 9.04. The molecule has 0 bridgehead atoms. The van der Waals surface area contributed by atoms with Crippen molar-refractivity contribution < 1.29 is 14.3 Å². The lowest BCUT2D eigenvalue weighted by Gasteiger charge is -2.08. The third kappa shape index (κ3) is 2.11. The fourth-order valence-electron chi connectivity index (χ4n) is 2.34. The van der Waals surface area contributed by atoms with Crippen LogP contribution in [0.5, 0.6) is 0 Å². The summed E-state index contributed by atoms with van der Waals surface area (Å²) < 4.78 is 4.66. The van der Waals surface area contributed by atoms with Crippen LogP contribution in [-0.4, -0.2) is 11.9 Å². The zero-order valence-corrected chi connectivity index (χ0v) is 9.04. The maximum Gasteiger partial charge on any atom is 0.342 e. The monoisotopic (exact) mass is 208 g/mol. The molecule has 0 aromatic rings. The normalized spacial score (nSPS) is 27.9. The van der Waals surface area contributed by atoms with Gasteiger partial charge in [-0.25, -0.2) is 9.59 Å². The Balaban J connectivity index is 2.25. The fourth-order valence-corrected chi connectivity index (χ4v) is 2.34. The highest BCUT2D eigenvalue weighted by Crippen LogP contribution is 2.31. The number of ether oxygens (including phenoxy) is 1. The van der Waals surface area contributed by atoms with E-state index in [1.807, 2.05) is 0 Å². The van der Waals surface area contributed by atoms with Crippen LogP contribution in [0.3, 0.4) is 0 Å². The van der Waals surface area contributed by atoms with Crippen LogP contribution in [0.1, 0.15) is 45.4 Å². The van der Waals surface area contributed by atoms with Crippen molar-refractivity contribution in [2.45, 2.75) is 45.4 Å².